The van der Waals surface area contributed by atoms with Gasteiger partial charge in [-0.2, -0.15) is 0 Å². The highest BCUT2D eigenvalue weighted by Crippen LogP contribution is 2.22. The van der Waals surface area contributed by atoms with Crippen molar-refractivity contribution in [3.8, 4) is 0 Å². The fourth-order valence-electron chi connectivity index (χ4n) is 2.46. The largest absolute Gasteiger partial charge is 0.396 e. The Bertz CT molecular complexity index is 601. The first-order chi connectivity index (χ1) is 10.7. The zero-order valence-electron chi connectivity index (χ0n) is 12.3. The number of carbonyl (C=O) groups excluding carboxylic acids is 1. The standard InChI is InChI=1S/C18H20BrNO2/c19-17-9-5-4-8-16(17)18(22)20-12-10-15(11-13-21)14-6-2-1-3-7-14/h1-9,15,21H,10-13H2,(H,20,22)/t15-/m1/s1. The van der Waals surface area contributed by atoms with Crippen molar-refractivity contribution in [2.75, 3.05) is 13.2 Å². The van der Waals surface area contributed by atoms with Gasteiger partial charge in [-0.1, -0.05) is 42.5 Å². The Labute approximate surface area is 139 Å². The number of aliphatic hydroxyl groups is 1. The van der Waals surface area contributed by atoms with Crippen molar-refractivity contribution >= 4 is 21.8 Å². The summed E-state index contributed by atoms with van der Waals surface area (Å²) in [7, 11) is 0. The third kappa shape index (κ3) is 4.68. The molecule has 0 aromatic heterocycles. The zero-order valence-corrected chi connectivity index (χ0v) is 13.9. The third-order valence-electron chi connectivity index (χ3n) is 3.65. The van der Waals surface area contributed by atoms with Crippen molar-refractivity contribution in [3.05, 3.63) is 70.2 Å². The molecule has 2 N–H and O–H groups in total. The van der Waals surface area contributed by atoms with Gasteiger partial charge in [0.25, 0.3) is 5.91 Å². The number of aliphatic hydroxyl groups excluding tert-OH is 1. The van der Waals surface area contributed by atoms with E-state index in [9.17, 15) is 9.90 Å². The van der Waals surface area contributed by atoms with Gasteiger partial charge in [-0.3, -0.25) is 4.79 Å². The van der Waals surface area contributed by atoms with Gasteiger partial charge in [0, 0.05) is 17.6 Å². The van der Waals surface area contributed by atoms with Gasteiger partial charge in [0.1, 0.15) is 0 Å². The van der Waals surface area contributed by atoms with E-state index in [1.165, 1.54) is 5.56 Å². The molecular weight excluding hydrogens is 342 g/mol. The molecule has 0 saturated heterocycles. The van der Waals surface area contributed by atoms with E-state index in [0.717, 1.165) is 10.9 Å². The van der Waals surface area contributed by atoms with Gasteiger partial charge in [-0.25, -0.2) is 0 Å². The van der Waals surface area contributed by atoms with E-state index in [2.05, 4.69) is 33.4 Å². The quantitative estimate of drug-likeness (QED) is 0.789. The van der Waals surface area contributed by atoms with Crippen molar-refractivity contribution in [2.24, 2.45) is 0 Å². The second-order valence-corrected chi connectivity index (χ2v) is 6.00. The highest BCUT2D eigenvalue weighted by molar-refractivity contribution is 9.10. The highest BCUT2D eigenvalue weighted by atomic mass is 79.9. The van der Waals surface area contributed by atoms with Crippen LogP contribution in [-0.4, -0.2) is 24.2 Å². The Morgan fingerprint density at radius 2 is 1.73 bits per heavy atom. The highest BCUT2D eigenvalue weighted by Gasteiger charge is 2.13. The van der Waals surface area contributed by atoms with Crippen LogP contribution in [0.2, 0.25) is 0 Å². The van der Waals surface area contributed by atoms with E-state index in [0.29, 0.717) is 18.5 Å². The summed E-state index contributed by atoms with van der Waals surface area (Å²) in [6, 6.07) is 17.5. The van der Waals surface area contributed by atoms with Crippen LogP contribution in [0, 0.1) is 0 Å². The maximum Gasteiger partial charge on any atom is 0.252 e. The Balaban J connectivity index is 1.91. The van der Waals surface area contributed by atoms with Gasteiger partial charge >= 0.3 is 0 Å². The van der Waals surface area contributed by atoms with Crippen LogP contribution in [0.3, 0.4) is 0 Å². The van der Waals surface area contributed by atoms with Crippen LogP contribution in [0.1, 0.15) is 34.7 Å². The third-order valence-corrected chi connectivity index (χ3v) is 4.34. The van der Waals surface area contributed by atoms with Crippen LogP contribution < -0.4 is 5.32 Å². The lowest BCUT2D eigenvalue weighted by molar-refractivity contribution is 0.0951. The Hall–Kier alpha value is -1.65. The van der Waals surface area contributed by atoms with Crippen molar-refractivity contribution in [1.29, 1.82) is 0 Å². The lowest BCUT2D eigenvalue weighted by atomic mass is 9.93. The van der Waals surface area contributed by atoms with Crippen LogP contribution in [-0.2, 0) is 0 Å². The SMILES string of the molecule is O=C(NCC[C@H](CCO)c1ccccc1)c1ccccc1Br. The van der Waals surface area contributed by atoms with Gasteiger partial charge in [0.05, 0.1) is 5.56 Å². The summed E-state index contributed by atoms with van der Waals surface area (Å²) in [5.74, 6) is 0.175. The summed E-state index contributed by atoms with van der Waals surface area (Å²) >= 11 is 3.39. The molecule has 0 spiro atoms. The lowest BCUT2D eigenvalue weighted by Gasteiger charge is -2.16. The molecule has 0 unspecified atom stereocenters. The minimum atomic E-state index is -0.0803. The Morgan fingerprint density at radius 3 is 2.41 bits per heavy atom. The van der Waals surface area contributed by atoms with Crippen LogP contribution in [0.15, 0.2) is 59.1 Å². The van der Waals surface area contributed by atoms with Crippen LogP contribution in [0.5, 0.6) is 0 Å². The van der Waals surface area contributed by atoms with Gasteiger partial charge < -0.3 is 10.4 Å². The molecule has 1 amide bonds. The van der Waals surface area contributed by atoms with Crippen molar-refractivity contribution in [3.63, 3.8) is 0 Å². The molecule has 0 heterocycles. The number of halogens is 1. The number of rotatable bonds is 7. The Morgan fingerprint density at radius 1 is 1.05 bits per heavy atom. The summed E-state index contributed by atoms with van der Waals surface area (Å²) in [4.78, 5) is 12.2. The number of benzene rings is 2. The van der Waals surface area contributed by atoms with E-state index in [-0.39, 0.29) is 18.4 Å². The van der Waals surface area contributed by atoms with E-state index in [4.69, 9.17) is 0 Å². The van der Waals surface area contributed by atoms with Crippen LogP contribution in [0.25, 0.3) is 0 Å². The first-order valence-electron chi connectivity index (χ1n) is 7.41. The molecule has 22 heavy (non-hydrogen) atoms. The number of carbonyl (C=O) groups is 1. The zero-order chi connectivity index (χ0) is 15.8. The Kier molecular flexibility index (Phi) is 6.62. The molecule has 0 aliphatic carbocycles. The summed E-state index contributed by atoms with van der Waals surface area (Å²) in [5, 5.41) is 12.2. The molecule has 1 atom stereocenters. The summed E-state index contributed by atoms with van der Waals surface area (Å²) in [5.41, 5.74) is 1.84. The molecule has 2 rings (SSSR count). The van der Waals surface area contributed by atoms with Gasteiger partial charge in [0.2, 0.25) is 0 Å². The van der Waals surface area contributed by atoms with Crippen LogP contribution in [0.4, 0.5) is 0 Å². The van der Waals surface area contributed by atoms with Gasteiger partial charge in [-0.05, 0) is 52.4 Å². The first-order valence-corrected chi connectivity index (χ1v) is 8.20. The van der Waals surface area contributed by atoms with E-state index >= 15 is 0 Å². The molecule has 0 saturated carbocycles. The molecule has 0 aliphatic rings. The summed E-state index contributed by atoms with van der Waals surface area (Å²) < 4.78 is 0.794. The fourth-order valence-corrected chi connectivity index (χ4v) is 2.92. The van der Waals surface area contributed by atoms with E-state index in [1.54, 1.807) is 6.07 Å². The molecule has 0 aliphatic heterocycles. The molecular formula is C18H20BrNO2. The predicted molar refractivity (Wildman–Crippen MR) is 92.0 cm³/mol. The number of amides is 1. The summed E-state index contributed by atoms with van der Waals surface area (Å²) in [6.07, 6.45) is 1.51. The van der Waals surface area contributed by atoms with E-state index < -0.39 is 0 Å². The molecule has 0 radical (unpaired) electrons. The topological polar surface area (TPSA) is 49.3 Å². The normalized spacial score (nSPS) is 11.9. The maximum absolute atomic E-state index is 12.2. The van der Waals surface area contributed by atoms with Crippen molar-refractivity contribution in [2.45, 2.75) is 18.8 Å². The van der Waals surface area contributed by atoms with Crippen LogP contribution >= 0.6 is 15.9 Å². The van der Waals surface area contributed by atoms with E-state index in [1.807, 2.05) is 36.4 Å². The van der Waals surface area contributed by atoms with Gasteiger partial charge in [0.15, 0.2) is 0 Å². The first kappa shape index (κ1) is 16.7. The molecule has 116 valence electrons. The smallest absolute Gasteiger partial charge is 0.252 e. The van der Waals surface area contributed by atoms with Crippen molar-refractivity contribution < 1.29 is 9.90 Å². The molecule has 0 bridgehead atoms. The minimum absolute atomic E-state index is 0.0803. The second-order valence-electron chi connectivity index (χ2n) is 5.14. The molecule has 0 fully saturated rings. The number of nitrogens with one attached hydrogen (secondary N) is 1. The second kappa shape index (κ2) is 8.71. The number of hydrogen-bond acceptors (Lipinski definition) is 2. The molecule has 3 nitrogen and oxygen atoms in total. The fraction of sp³-hybridized carbons (Fsp3) is 0.278. The number of hydrogen-bond donors (Lipinski definition) is 2. The lowest BCUT2D eigenvalue weighted by Crippen LogP contribution is -2.26. The monoisotopic (exact) mass is 361 g/mol. The molecule has 4 heteroatoms. The summed E-state index contributed by atoms with van der Waals surface area (Å²) in [6.45, 7) is 0.734. The molecule has 2 aromatic rings. The average molecular weight is 362 g/mol. The average Bonchev–Trinajstić information content (AvgIpc) is 2.55. The molecule has 2 aromatic carbocycles. The van der Waals surface area contributed by atoms with Crippen molar-refractivity contribution in [1.82, 2.24) is 5.32 Å². The maximum atomic E-state index is 12.2. The predicted octanol–water partition coefficient (Wildman–Crippen LogP) is 3.74. The van der Waals surface area contributed by atoms with Gasteiger partial charge in [-0.15, -0.1) is 0 Å². The minimum Gasteiger partial charge on any atom is -0.396 e.